The van der Waals surface area contributed by atoms with Crippen LogP contribution in [0.1, 0.15) is 5.56 Å². The molecule has 0 aliphatic heterocycles. The van der Waals surface area contributed by atoms with Crippen molar-refractivity contribution >= 4 is 10.9 Å². The minimum absolute atomic E-state index is 0.258. The Morgan fingerprint density at radius 2 is 1.95 bits per heavy atom. The van der Waals surface area contributed by atoms with E-state index in [9.17, 15) is 4.39 Å². The van der Waals surface area contributed by atoms with Crippen molar-refractivity contribution < 1.29 is 4.39 Å². The first-order valence-corrected chi connectivity index (χ1v) is 6.11. The molecule has 0 bridgehead atoms. The largest absolute Gasteiger partial charge is 0.326 e. The third kappa shape index (κ3) is 2.20. The lowest BCUT2D eigenvalue weighted by molar-refractivity contribution is 0.625. The molecule has 0 spiro atoms. The van der Waals surface area contributed by atoms with Gasteiger partial charge in [-0.05, 0) is 47.0 Å². The van der Waals surface area contributed by atoms with Gasteiger partial charge in [-0.1, -0.05) is 18.2 Å². The number of benzene rings is 2. The molecular weight excluding hydrogens is 239 g/mol. The number of hydrogen-bond donors (Lipinski definition) is 1. The van der Waals surface area contributed by atoms with Crippen LogP contribution in [0.2, 0.25) is 0 Å². The number of halogens is 1. The SMILES string of the molecule is NCc1cc(F)ccc1-c1ccc2ncccc2c1. The van der Waals surface area contributed by atoms with Gasteiger partial charge in [0.1, 0.15) is 5.82 Å². The van der Waals surface area contributed by atoms with E-state index in [4.69, 9.17) is 5.73 Å². The molecule has 1 aromatic heterocycles. The molecular formula is C16H13FN2. The zero-order chi connectivity index (χ0) is 13.2. The van der Waals surface area contributed by atoms with Crippen LogP contribution >= 0.6 is 0 Å². The maximum absolute atomic E-state index is 13.2. The lowest BCUT2D eigenvalue weighted by Gasteiger charge is -2.09. The zero-order valence-corrected chi connectivity index (χ0v) is 10.3. The summed E-state index contributed by atoms with van der Waals surface area (Å²) in [5, 5.41) is 1.06. The molecule has 3 aromatic rings. The standard InChI is InChI=1S/C16H13FN2/c17-14-4-5-15(13(9-14)10-18)11-3-6-16-12(8-11)2-1-7-19-16/h1-9H,10,18H2. The van der Waals surface area contributed by atoms with Gasteiger partial charge < -0.3 is 5.73 Å². The van der Waals surface area contributed by atoms with Crippen LogP contribution in [0.3, 0.4) is 0 Å². The molecule has 0 fully saturated rings. The average Bonchev–Trinajstić information content (AvgIpc) is 2.46. The Kier molecular flexibility index (Phi) is 2.97. The Labute approximate surface area is 110 Å². The molecule has 0 amide bonds. The van der Waals surface area contributed by atoms with Crippen molar-refractivity contribution in [3.05, 3.63) is 66.1 Å². The Bertz CT molecular complexity index is 738. The molecule has 2 nitrogen and oxygen atoms in total. The minimum atomic E-state index is -0.258. The molecule has 0 saturated heterocycles. The first kappa shape index (κ1) is 11.8. The highest BCUT2D eigenvalue weighted by Crippen LogP contribution is 2.27. The summed E-state index contributed by atoms with van der Waals surface area (Å²) in [5.74, 6) is -0.258. The minimum Gasteiger partial charge on any atom is -0.326 e. The van der Waals surface area contributed by atoms with Crippen molar-refractivity contribution in [2.24, 2.45) is 5.73 Å². The van der Waals surface area contributed by atoms with Gasteiger partial charge in [-0.3, -0.25) is 4.98 Å². The topological polar surface area (TPSA) is 38.9 Å². The maximum Gasteiger partial charge on any atom is 0.123 e. The lowest BCUT2D eigenvalue weighted by atomic mass is 9.98. The number of pyridine rings is 1. The van der Waals surface area contributed by atoms with E-state index in [0.29, 0.717) is 6.54 Å². The molecule has 2 aromatic carbocycles. The fourth-order valence-corrected chi connectivity index (χ4v) is 2.26. The van der Waals surface area contributed by atoms with Gasteiger partial charge in [0.2, 0.25) is 0 Å². The molecule has 0 aliphatic carbocycles. The van der Waals surface area contributed by atoms with Gasteiger partial charge in [0.05, 0.1) is 5.52 Å². The second-order valence-corrected chi connectivity index (χ2v) is 4.42. The van der Waals surface area contributed by atoms with Gasteiger partial charge in [-0.2, -0.15) is 0 Å². The number of aromatic nitrogens is 1. The van der Waals surface area contributed by atoms with E-state index in [1.807, 2.05) is 24.3 Å². The smallest absolute Gasteiger partial charge is 0.123 e. The number of nitrogens with zero attached hydrogens (tertiary/aromatic N) is 1. The number of rotatable bonds is 2. The second kappa shape index (κ2) is 4.78. The summed E-state index contributed by atoms with van der Waals surface area (Å²) in [6.45, 7) is 0.318. The summed E-state index contributed by atoms with van der Waals surface area (Å²) in [7, 11) is 0. The summed E-state index contributed by atoms with van der Waals surface area (Å²) in [5.41, 5.74) is 9.44. The summed E-state index contributed by atoms with van der Waals surface area (Å²) in [6.07, 6.45) is 1.77. The lowest BCUT2D eigenvalue weighted by Crippen LogP contribution is -1.99. The summed E-state index contributed by atoms with van der Waals surface area (Å²) in [6, 6.07) is 14.6. The Morgan fingerprint density at radius 3 is 2.79 bits per heavy atom. The predicted octanol–water partition coefficient (Wildman–Crippen LogP) is 3.50. The Morgan fingerprint density at radius 1 is 1.05 bits per heavy atom. The third-order valence-electron chi connectivity index (χ3n) is 3.20. The van der Waals surface area contributed by atoms with Crippen LogP contribution in [-0.2, 0) is 6.54 Å². The van der Waals surface area contributed by atoms with Gasteiger partial charge in [-0.25, -0.2) is 4.39 Å². The van der Waals surface area contributed by atoms with Gasteiger partial charge in [-0.15, -0.1) is 0 Å². The average molecular weight is 252 g/mol. The van der Waals surface area contributed by atoms with Crippen molar-refractivity contribution in [3.63, 3.8) is 0 Å². The van der Waals surface area contributed by atoms with E-state index in [1.54, 1.807) is 12.3 Å². The fraction of sp³-hybridized carbons (Fsp3) is 0.0625. The summed E-state index contributed by atoms with van der Waals surface area (Å²) < 4.78 is 13.2. The summed E-state index contributed by atoms with van der Waals surface area (Å²) in [4.78, 5) is 4.29. The molecule has 0 atom stereocenters. The highest BCUT2D eigenvalue weighted by Gasteiger charge is 2.06. The van der Waals surface area contributed by atoms with E-state index in [2.05, 4.69) is 11.1 Å². The van der Waals surface area contributed by atoms with Crippen LogP contribution < -0.4 is 5.73 Å². The monoisotopic (exact) mass is 252 g/mol. The summed E-state index contributed by atoms with van der Waals surface area (Å²) >= 11 is 0. The van der Waals surface area contributed by atoms with Crippen LogP contribution in [0, 0.1) is 5.82 Å². The van der Waals surface area contributed by atoms with E-state index in [0.717, 1.165) is 27.6 Å². The highest BCUT2D eigenvalue weighted by molar-refractivity contribution is 5.84. The van der Waals surface area contributed by atoms with Gasteiger partial charge >= 0.3 is 0 Å². The number of hydrogen-bond acceptors (Lipinski definition) is 2. The molecule has 0 saturated carbocycles. The van der Waals surface area contributed by atoms with E-state index >= 15 is 0 Å². The first-order valence-electron chi connectivity index (χ1n) is 6.11. The molecule has 0 radical (unpaired) electrons. The Hall–Kier alpha value is -2.26. The molecule has 94 valence electrons. The van der Waals surface area contributed by atoms with Crippen molar-refractivity contribution in [3.8, 4) is 11.1 Å². The highest BCUT2D eigenvalue weighted by atomic mass is 19.1. The second-order valence-electron chi connectivity index (χ2n) is 4.42. The van der Waals surface area contributed by atoms with Crippen molar-refractivity contribution in [1.82, 2.24) is 4.98 Å². The molecule has 0 aliphatic rings. The van der Waals surface area contributed by atoms with E-state index in [1.165, 1.54) is 12.1 Å². The molecule has 1 heterocycles. The molecule has 2 N–H and O–H groups in total. The quantitative estimate of drug-likeness (QED) is 0.758. The van der Waals surface area contributed by atoms with Crippen LogP contribution in [0.4, 0.5) is 4.39 Å². The maximum atomic E-state index is 13.2. The predicted molar refractivity (Wildman–Crippen MR) is 75.0 cm³/mol. The molecule has 3 heteroatoms. The Balaban J connectivity index is 2.18. The third-order valence-corrected chi connectivity index (χ3v) is 3.20. The van der Waals surface area contributed by atoms with Crippen molar-refractivity contribution in [2.75, 3.05) is 0 Å². The zero-order valence-electron chi connectivity index (χ0n) is 10.3. The molecule has 3 rings (SSSR count). The van der Waals surface area contributed by atoms with Crippen LogP contribution in [0.25, 0.3) is 22.0 Å². The van der Waals surface area contributed by atoms with Crippen LogP contribution in [0.15, 0.2) is 54.7 Å². The number of fused-ring (bicyclic) bond motifs is 1. The van der Waals surface area contributed by atoms with Crippen molar-refractivity contribution in [2.45, 2.75) is 6.54 Å². The number of nitrogens with two attached hydrogens (primary N) is 1. The van der Waals surface area contributed by atoms with Crippen LogP contribution in [0.5, 0.6) is 0 Å². The molecule has 19 heavy (non-hydrogen) atoms. The normalized spacial score (nSPS) is 10.8. The fourth-order valence-electron chi connectivity index (χ4n) is 2.26. The van der Waals surface area contributed by atoms with E-state index < -0.39 is 0 Å². The van der Waals surface area contributed by atoms with E-state index in [-0.39, 0.29) is 5.82 Å². The first-order chi connectivity index (χ1) is 9.28. The van der Waals surface area contributed by atoms with Gasteiger partial charge in [0.25, 0.3) is 0 Å². The van der Waals surface area contributed by atoms with Crippen LogP contribution in [-0.4, -0.2) is 4.98 Å². The molecule has 0 unspecified atom stereocenters. The van der Waals surface area contributed by atoms with Gasteiger partial charge in [0, 0.05) is 18.1 Å². The van der Waals surface area contributed by atoms with Crippen molar-refractivity contribution in [1.29, 1.82) is 0 Å². The van der Waals surface area contributed by atoms with Gasteiger partial charge in [0.15, 0.2) is 0 Å².